The largest absolute Gasteiger partial charge is 0.459 e. The average molecular weight is 780 g/mol. The number of carbonyl (C=O) groups is 5. The maximum Gasteiger partial charge on any atom is 0.408 e. The van der Waals surface area contributed by atoms with Crippen LogP contribution in [0.4, 0.5) is 4.79 Å². The Labute approximate surface area is 273 Å². The zero-order chi connectivity index (χ0) is 31.2. The van der Waals surface area contributed by atoms with Crippen LogP contribution in [0.2, 0.25) is 0 Å². The van der Waals surface area contributed by atoms with E-state index in [0.717, 1.165) is 25.7 Å². The molecule has 4 atom stereocenters. The van der Waals surface area contributed by atoms with Gasteiger partial charge >= 0.3 is 12.1 Å². The number of fused-ring (bicyclic) bond motifs is 2. The molecule has 0 aromatic heterocycles. The summed E-state index contributed by atoms with van der Waals surface area (Å²) in [5.74, 6) is -1.76. The Morgan fingerprint density at radius 3 is 2.52 bits per heavy atom. The van der Waals surface area contributed by atoms with Gasteiger partial charge in [0.25, 0.3) is 5.91 Å². The third-order valence-electron chi connectivity index (χ3n) is 7.94. The molecule has 44 heavy (non-hydrogen) atoms. The molecule has 1 aliphatic carbocycles. The number of carbonyl (C=O) groups excluding carboxylic acids is 5. The standard InChI is InChI=1S/C32H43N4O7.W/c1-31(2,3)43-30(41)34-24-12-9-7-5-6-8-11-23-19-32(23,35-27(38)25-13-10-18-36(25)28(24)39)29(40)42-20-21-14-16-22(17-15-21)26(37)33-4;/h8,10-11,14-17,23-25H,5-7,9,12-13,18-20H2,1-4H3,(H,33,37)(H,34,41)(H,35,38);/q-1;/b11-8-;/t23-,24-,25-,32+;/m0./s1. The molecule has 0 spiro atoms. The number of nitrogens with one attached hydrogen (secondary N) is 3. The molecule has 1 aromatic carbocycles. The molecule has 4 rings (SSSR count). The molecule has 1 aromatic rings. The molecular weight excluding hydrogens is 736 g/mol. The van der Waals surface area contributed by atoms with Gasteiger partial charge in [0.15, 0.2) is 0 Å². The number of rotatable bonds is 5. The van der Waals surface area contributed by atoms with E-state index in [1.807, 2.05) is 18.6 Å². The maximum atomic E-state index is 13.7. The molecule has 2 aliphatic heterocycles. The topological polar surface area (TPSA) is 143 Å². The van der Waals surface area contributed by atoms with Crippen LogP contribution in [-0.2, 0) is 51.5 Å². The number of amides is 4. The smallest absolute Gasteiger partial charge is 0.408 e. The van der Waals surface area contributed by atoms with Crippen molar-refractivity contribution in [2.24, 2.45) is 5.92 Å². The molecule has 3 aliphatic rings. The Hall–Kier alpha value is -3.20. The third kappa shape index (κ3) is 8.93. The molecule has 2 heterocycles. The normalized spacial score (nSPS) is 26.3. The average Bonchev–Trinajstić information content (AvgIpc) is 3.42. The summed E-state index contributed by atoms with van der Waals surface area (Å²) in [6.07, 6.45) is 9.57. The summed E-state index contributed by atoms with van der Waals surface area (Å²) in [6, 6.07) is 5.10. The van der Waals surface area contributed by atoms with Crippen molar-refractivity contribution >= 4 is 29.8 Å². The van der Waals surface area contributed by atoms with Crippen molar-refractivity contribution in [3.63, 3.8) is 0 Å². The molecule has 4 amide bonds. The number of esters is 1. The van der Waals surface area contributed by atoms with Crippen LogP contribution in [0, 0.1) is 12.3 Å². The zero-order valence-corrected chi connectivity index (χ0v) is 28.8. The molecule has 3 N–H and O–H groups in total. The molecule has 12 heteroatoms. The molecular formula is C32H43N4O7W-. The van der Waals surface area contributed by atoms with Crippen molar-refractivity contribution < 1.29 is 54.5 Å². The number of hydrogen-bond acceptors (Lipinski definition) is 7. The molecule has 0 bridgehead atoms. The number of hydrogen-bond donors (Lipinski definition) is 3. The van der Waals surface area contributed by atoms with Crippen LogP contribution < -0.4 is 16.0 Å². The Morgan fingerprint density at radius 2 is 1.84 bits per heavy atom. The van der Waals surface area contributed by atoms with Crippen molar-refractivity contribution in [1.29, 1.82) is 0 Å². The van der Waals surface area contributed by atoms with Crippen LogP contribution in [0.3, 0.4) is 0 Å². The van der Waals surface area contributed by atoms with E-state index in [0.29, 0.717) is 30.4 Å². The van der Waals surface area contributed by atoms with Gasteiger partial charge in [0.05, 0.1) is 6.04 Å². The van der Waals surface area contributed by atoms with E-state index in [-0.39, 0.29) is 51.9 Å². The fraction of sp³-hybridized carbons (Fsp3) is 0.562. The Bertz CT molecular complexity index is 1250. The predicted octanol–water partition coefficient (Wildman–Crippen LogP) is 3.18. The summed E-state index contributed by atoms with van der Waals surface area (Å²) >= 11 is 0. The SMILES string of the molecule is CNC(=O)c1ccc(COC(=O)[C@@]23C[C@@H]2/C=C\CCCCC[C@H](NC(=O)OC(C)(C)C)C(=O)N2C[CH-]C[C@H]2C(=O)N3)cc1.[W]. The van der Waals surface area contributed by atoms with Crippen molar-refractivity contribution in [3.05, 3.63) is 54.0 Å². The van der Waals surface area contributed by atoms with Gasteiger partial charge in [-0.15, -0.1) is 13.0 Å². The first-order chi connectivity index (χ1) is 20.4. The van der Waals surface area contributed by atoms with E-state index in [2.05, 4.69) is 16.0 Å². The quantitative estimate of drug-likeness (QED) is 0.237. The van der Waals surface area contributed by atoms with Crippen molar-refractivity contribution in [1.82, 2.24) is 20.9 Å². The third-order valence-corrected chi connectivity index (χ3v) is 7.94. The van der Waals surface area contributed by atoms with E-state index in [9.17, 15) is 24.0 Å². The molecule has 1 saturated heterocycles. The summed E-state index contributed by atoms with van der Waals surface area (Å²) in [7, 11) is 1.55. The van der Waals surface area contributed by atoms with E-state index >= 15 is 0 Å². The van der Waals surface area contributed by atoms with Crippen LogP contribution >= 0.6 is 0 Å². The van der Waals surface area contributed by atoms with Gasteiger partial charge in [0.1, 0.15) is 23.8 Å². The van der Waals surface area contributed by atoms with E-state index in [1.54, 1.807) is 52.1 Å². The first-order valence-electron chi connectivity index (χ1n) is 15.0. The van der Waals surface area contributed by atoms with Gasteiger partial charge in [-0.3, -0.25) is 14.4 Å². The number of alkyl carbamates (subject to hydrolysis) is 1. The Morgan fingerprint density at radius 1 is 1.11 bits per heavy atom. The molecule has 11 nitrogen and oxygen atoms in total. The predicted molar refractivity (Wildman–Crippen MR) is 158 cm³/mol. The zero-order valence-electron chi connectivity index (χ0n) is 25.9. The van der Waals surface area contributed by atoms with E-state index < -0.39 is 41.2 Å². The van der Waals surface area contributed by atoms with Gasteiger partial charge in [-0.1, -0.05) is 37.1 Å². The first kappa shape index (κ1) is 35.3. The molecule has 2 fully saturated rings. The maximum absolute atomic E-state index is 13.7. The minimum absolute atomic E-state index is 0. The monoisotopic (exact) mass is 779 g/mol. The van der Waals surface area contributed by atoms with Gasteiger partial charge in [-0.05, 0) is 64.2 Å². The van der Waals surface area contributed by atoms with Gasteiger partial charge in [0, 0.05) is 39.6 Å². The summed E-state index contributed by atoms with van der Waals surface area (Å²) < 4.78 is 11.1. The van der Waals surface area contributed by atoms with Crippen LogP contribution in [0.25, 0.3) is 0 Å². The van der Waals surface area contributed by atoms with Crippen LogP contribution in [0.5, 0.6) is 0 Å². The van der Waals surface area contributed by atoms with Gasteiger partial charge in [0.2, 0.25) is 11.8 Å². The van der Waals surface area contributed by atoms with E-state index in [4.69, 9.17) is 9.47 Å². The number of ether oxygens (including phenoxy) is 2. The minimum Gasteiger partial charge on any atom is -0.459 e. The summed E-state index contributed by atoms with van der Waals surface area (Å²) in [6.45, 7) is 5.51. The summed E-state index contributed by atoms with van der Waals surface area (Å²) in [5, 5.41) is 8.23. The van der Waals surface area contributed by atoms with Crippen molar-refractivity contribution in [3.8, 4) is 0 Å². The molecule has 0 unspecified atom stereocenters. The fourth-order valence-electron chi connectivity index (χ4n) is 5.50. The second kappa shape index (κ2) is 15.2. The number of allylic oxidation sites excluding steroid dienone is 1. The van der Waals surface area contributed by atoms with Gasteiger partial charge < -0.3 is 36.7 Å². The second-order valence-electron chi connectivity index (χ2n) is 12.4. The first-order valence-corrected chi connectivity index (χ1v) is 15.0. The molecule has 1 saturated carbocycles. The van der Waals surface area contributed by atoms with Crippen LogP contribution in [-0.4, -0.2) is 71.5 Å². The number of benzene rings is 1. The van der Waals surface area contributed by atoms with Crippen LogP contribution in [0.15, 0.2) is 36.4 Å². The summed E-state index contributed by atoms with van der Waals surface area (Å²) in [4.78, 5) is 66.6. The van der Waals surface area contributed by atoms with Crippen LogP contribution in [0.1, 0.15) is 81.6 Å². The van der Waals surface area contributed by atoms with Crippen molar-refractivity contribution in [2.75, 3.05) is 13.6 Å². The van der Waals surface area contributed by atoms with Crippen molar-refractivity contribution in [2.45, 2.75) is 95.5 Å². The summed E-state index contributed by atoms with van der Waals surface area (Å²) in [5.41, 5.74) is -0.739. The minimum atomic E-state index is -1.22. The van der Waals surface area contributed by atoms with Gasteiger partial charge in [-0.25, -0.2) is 9.59 Å². The number of nitrogens with zero attached hydrogens (tertiary/aromatic N) is 1. The van der Waals surface area contributed by atoms with Gasteiger partial charge in [-0.2, -0.15) is 0 Å². The second-order valence-corrected chi connectivity index (χ2v) is 12.4. The van der Waals surface area contributed by atoms with E-state index in [1.165, 1.54) is 4.90 Å². The molecule has 240 valence electrons. The fourth-order valence-corrected chi connectivity index (χ4v) is 5.50. The molecule has 0 radical (unpaired) electrons. The Balaban J connectivity index is 0.00000529. The Kier molecular flexibility index (Phi) is 12.2.